The van der Waals surface area contributed by atoms with Crippen LogP contribution in [-0.4, -0.2) is 97.7 Å². The van der Waals surface area contributed by atoms with Crippen molar-refractivity contribution < 1.29 is 30.1 Å². The van der Waals surface area contributed by atoms with E-state index in [1.54, 1.807) is 0 Å². The molecular formula is C13H36N2O4. The first-order valence-electron chi connectivity index (χ1n) is 6.34. The Balaban J connectivity index is -0.000000108. The van der Waals surface area contributed by atoms with E-state index >= 15 is 0 Å². The predicted octanol–water partition coefficient (Wildman–Crippen LogP) is 0.183. The maximum absolute atomic E-state index is 9.18. The van der Waals surface area contributed by atoms with Crippen LogP contribution in [0.5, 0.6) is 0 Å². The lowest BCUT2D eigenvalue weighted by molar-refractivity contribution is -0.873. The lowest BCUT2D eigenvalue weighted by Gasteiger charge is -2.26. The maximum Gasteiger partial charge on any atom is 0.104 e. The lowest BCUT2D eigenvalue weighted by Crippen LogP contribution is -2.41. The Bertz CT molecular complexity index is 186. The van der Waals surface area contributed by atoms with Crippen molar-refractivity contribution in [1.29, 1.82) is 0 Å². The minimum absolute atomic E-state index is 0. The van der Waals surface area contributed by atoms with Gasteiger partial charge in [0.25, 0.3) is 0 Å². The summed E-state index contributed by atoms with van der Waals surface area (Å²) in [6, 6.07) is 0. The van der Waals surface area contributed by atoms with Crippen molar-refractivity contribution in [1.82, 2.24) is 0 Å². The van der Waals surface area contributed by atoms with Crippen LogP contribution in [0.25, 0.3) is 0 Å². The third kappa shape index (κ3) is 31.9. The third-order valence-electron chi connectivity index (χ3n) is 2.04. The Kier molecular flexibility index (Phi) is 16.5. The first-order chi connectivity index (χ1) is 7.37. The fourth-order valence-corrected chi connectivity index (χ4v) is 1.55. The molecule has 0 saturated heterocycles. The molecule has 0 fully saturated rings. The highest BCUT2D eigenvalue weighted by molar-refractivity contribution is 4.47. The number of quaternary nitrogens is 2. The van der Waals surface area contributed by atoms with Crippen molar-refractivity contribution in [2.45, 2.75) is 32.5 Å². The van der Waals surface area contributed by atoms with Crippen LogP contribution in [0.4, 0.5) is 0 Å². The molecule has 0 aromatic rings. The number of aliphatic hydroxyl groups excluding tert-OH is 2. The Hall–Kier alpha value is -0.240. The fourth-order valence-electron chi connectivity index (χ4n) is 1.55. The van der Waals surface area contributed by atoms with E-state index in [-0.39, 0.29) is 23.2 Å². The molecule has 2 unspecified atom stereocenters. The molecule has 0 amide bonds. The second-order valence-corrected chi connectivity index (χ2v) is 6.86. The van der Waals surface area contributed by atoms with E-state index in [4.69, 9.17) is 5.11 Å². The Morgan fingerprint density at radius 3 is 1.16 bits per heavy atom. The summed E-state index contributed by atoms with van der Waals surface area (Å²) in [5, 5.41) is 18.1. The summed E-state index contributed by atoms with van der Waals surface area (Å²) in [4.78, 5) is 0. The molecule has 0 aromatic heterocycles. The van der Waals surface area contributed by atoms with E-state index in [0.717, 1.165) is 28.5 Å². The monoisotopic (exact) mass is 284 g/mol. The zero-order valence-electron chi connectivity index (χ0n) is 14.0. The zero-order valence-corrected chi connectivity index (χ0v) is 14.0. The van der Waals surface area contributed by atoms with Crippen molar-refractivity contribution in [3.63, 3.8) is 0 Å². The summed E-state index contributed by atoms with van der Waals surface area (Å²) >= 11 is 0. The number of aliphatic hydroxyl groups is 2. The van der Waals surface area contributed by atoms with Gasteiger partial charge in [-0.15, -0.1) is 0 Å². The summed E-state index contributed by atoms with van der Waals surface area (Å²) in [6.07, 6.45) is 0.537. The van der Waals surface area contributed by atoms with E-state index < -0.39 is 0 Å². The van der Waals surface area contributed by atoms with Crippen LogP contribution in [0.3, 0.4) is 0 Å². The van der Waals surface area contributed by atoms with Gasteiger partial charge in [-0.05, 0) is 13.3 Å². The molecule has 0 saturated carbocycles. The van der Waals surface area contributed by atoms with Crippen molar-refractivity contribution in [2.24, 2.45) is 0 Å². The van der Waals surface area contributed by atoms with Crippen molar-refractivity contribution in [3.05, 3.63) is 0 Å². The first kappa shape index (κ1) is 27.2. The topological polar surface area (TPSA) is 100 Å². The highest BCUT2D eigenvalue weighted by Crippen LogP contribution is 1.97. The van der Waals surface area contributed by atoms with Gasteiger partial charge in [-0.1, -0.05) is 6.92 Å². The van der Waals surface area contributed by atoms with Crippen LogP contribution in [0.15, 0.2) is 0 Å². The average molecular weight is 284 g/mol. The minimum atomic E-state index is -0.185. The van der Waals surface area contributed by atoms with Crippen molar-refractivity contribution >= 4 is 0 Å². The van der Waals surface area contributed by atoms with Gasteiger partial charge in [-0.3, -0.25) is 0 Å². The Morgan fingerprint density at radius 1 is 0.789 bits per heavy atom. The van der Waals surface area contributed by atoms with Crippen LogP contribution in [0, 0.1) is 0 Å². The molecule has 0 bridgehead atoms. The fraction of sp³-hybridized carbons (Fsp3) is 1.00. The van der Waals surface area contributed by atoms with Crippen LogP contribution < -0.4 is 0 Å². The maximum atomic E-state index is 9.18. The SMILES string of the molecule is CC(O)C[N+](C)(C)C.CCC(O)C[N+](C)(C)C.[OH-].[OH-]. The Labute approximate surface area is 119 Å². The van der Waals surface area contributed by atoms with Gasteiger partial charge in [0.15, 0.2) is 0 Å². The molecule has 6 nitrogen and oxygen atoms in total. The van der Waals surface area contributed by atoms with Gasteiger partial charge in [-0.2, -0.15) is 0 Å². The van der Waals surface area contributed by atoms with Gasteiger partial charge in [-0.25, -0.2) is 0 Å². The summed E-state index contributed by atoms with van der Waals surface area (Å²) in [5.74, 6) is 0. The van der Waals surface area contributed by atoms with E-state index in [9.17, 15) is 5.11 Å². The molecule has 0 radical (unpaired) electrons. The lowest BCUT2D eigenvalue weighted by atomic mass is 10.2. The number of nitrogens with zero attached hydrogens (tertiary/aromatic N) is 2. The molecule has 0 heterocycles. The Morgan fingerprint density at radius 2 is 1.11 bits per heavy atom. The summed E-state index contributed by atoms with van der Waals surface area (Å²) in [5.41, 5.74) is 0. The summed E-state index contributed by atoms with van der Waals surface area (Å²) in [7, 11) is 12.4. The molecule has 0 aliphatic heterocycles. The summed E-state index contributed by atoms with van der Waals surface area (Å²) in [6.45, 7) is 5.47. The van der Waals surface area contributed by atoms with E-state index in [1.807, 2.05) is 13.8 Å². The number of rotatable bonds is 5. The molecular weight excluding hydrogens is 248 g/mol. The first-order valence-corrected chi connectivity index (χ1v) is 6.34. The van der Waals surface area contributed by atoms with Gasteiger partial charge >= 0.3 is 0 Å². The average Bonchev–Trinajstić information content (AvgIpc) is 1.96. The predicted molar refractivity (Wildman–Crippen MR) is 77.6 cm³/mol. The van der Waals surface area contributed by atoms with Gasteiger partial charge in [0.05, 0.1) is 42.3 Å². The zero-order chi connectivity index (χ0) is 14.3. The molecule has 2 atom stereocenters. The molecule has 0 aliphatic carbocycles. The van der Waals surface area contributed by atoms with Crippen molar-refractivity contribution in [2.75, 3.05) is 55.4 Å². The molecule has 0 rings (SSSR count). The molecule has 0 spiro atoms. The summed E-state index contributed by atoms with van der Waals surface area (Å²) < 4.78 is 1.67. The molecule has 0 aliphatic rings. The number of hydrogen-bond donors (Lipinski definition) is 2. The standard InChI is InChI=1S/C7H18NO.C6H16NO.2H2O/c1-5-7(9)6-8(2,3)4;1-6(8)5-7(2,3)4;;/h7,9H,5-6H2,1-4H3;6,8H,5H2,1-4H3;2*1H2/q2*+1;;/p-2. The van der Waals surface area contributed by atoms with Crippen LogP contribution >= 0.6 is 0 Å². The second kappa shape index (κ2) is 11.6. The highest BCUT2D eigenvalue weighted by atomic mass is 16.3. The molecule has 19 heavy (non-hydrogen) atoms. The van der Waals surface area contributed by atoms with Gasteiger partial charge in [0, 0.05) is 0 Å². The minimum Gasteiger partial charge on any atom is -0.870 e. The normalized spacial score (nSPS) is 14.2. The van der Waals surface area contributed by atoms with Gasteiger partial charge < -0.3 is 30.1 Å². The van der Waals surface area contributed by atoms with Crippen LogP contribution in [0.1, 0.15) is 20.3 Å². The largest absolute Gasteiger partial charge is 0.870 e. The molecule has 122 valence electrons. The number of hydrogen-bond acceptors (Lipinski definition) is 4. The third-order valence-corrected chi connectivity index (χ3v) is 2.04. The highest BCUT2D eigenvalue weighted by Gasteiger charge is 2.12. The van der Waals surface area contributed by atoms with Crippen LogP contribution in [-0.2, 0) is 0 Å². The van der Waals surface area contributed by atoms with Gasteiger partial charge in [0.1, 0.15) is 25.3 Å². The van der Waals surface area contributed by atoms with E-state index in [2.05, 4.69) is 42.3 Å². The van der Waals surface area contributed by atoms with E-state index in [0.29, 0.717) is 0 Å². The van der Waals surface area contributed by atoms with Gasteiger partial charge in [0.2, 0.25) is 0 Å². The quantitative estimate of drug-likeness (QED) is 0.703. The second-order valence-electron chi connectivity index (χ2n) is 6.86. The van der Waals surface area contributed by atoms with E-state index in [1.165, 1.54) is 0 Å². The van der Waals surface area contributed by atoms with Crippen LogP contribution in [0.2, 0.25) is 0 Å². The number of likely N-dealkylation sites (N-methyl/N-ethyl adjacent to an activating group) is 2. The van der Waals surface area contributed by atoms with Crippen molar-refractivity contribution in [3.8, 4) is 0 Å². The smallest absolute Gasteiger partial charge is 0.104 e. The molecule has 0 aromatic carbocycles. The molecule has 4 N–H and O–H groups in total. The molecule has 6 heteroatoms.